The molecule has 6 heteroatoms. The van der Waals surface area contributed by atoms with E-state index in [4.69, 9.17) is 0 Å². The van der Waals surface area contributed by atoms with Crippen molar-refractivity contribution in [2.24, 2.45) is 17.3 Å². The smallest absolute Gasteiger partial charge is 0.325 e. The molecule has 1 saturated carbocycles. The quantitative estimate of drug-likeness (QED) is 0.764. The summed E-state index contributed by atoms with van der Waals surface area (Å²) in [6.07, 6.45) is 3.14. The van der Waals surface area contributed by atoms with Crippen LogP contribution in [0.25, 0.3) is 0 Å². The summed E-state index contributed by atoms with van der Waals surface area (Å²) in [5.74, 6) is 0.320. The van der Waals surface area contributed by atoms with E-state index in [2.05, 4.69) is 31.4 Å². The van der Waals surface area contributed by atoms with E-state index in [0.29, 0.717) is 24.7 Å². The lowest BCUT2D eigenvalue weighted by atomic mass is 9.67. The summed E-state index contributed by atoms with van der Waals surface area (Å²) in [5.41, 5.74) is -0.595. The molecule has 6 nitrogen and oxygen atoms in total. The molecule has 1 atom stereocenters. The van der Waals surface area contributed by atoms with Crippen LogP contribution in [-0.2, 0) is 9.59 Å². The van der Waals surface area contributed by atoms with E-state index < -0.39 is 11.6 Å². The maximum atomic E-state index is 12.9. The molecule has 1 spiro atoms. The third kappa shape index (κ3) is 4.15. The van der Waals surface area contributed by atoms with Crippen molar-refractivity contribution in [3.05, 3.63) is 0 Å². The molecular formula is C19H33N3O3. The van der Waals surface area contributed by atoms with Crippen LogP contribution in [0.4, 0.5) is 4.79 Å². The largest absolute Gasteiger partial charge is 0.352 e. The molecule has 1 unspecified atom stereocenters. The first-order valence-corrected chi connectivity index (χ1v) is 9.40. The average molecular weight is 351 g/mol. The fourth-order valence-electron chi connectivity index (χ4n) is 3.75. The molecule has 4 amide bonds. The van der Waals surface area contributed by atoms with Crippen molar-refractivity contribution >= 4 is 17.8 Å². The van der Waals surface area contributed by atoms with Gasteiger partial charge in [-0.15, -0.1) is 0 Å². The molecule has 0 aromatic carbocycles. The molecule has 2 aliphatic rings. The van der Waals surface area contributed by atoms with Crippen molar-refractivity contribution in [1.82, 2.24) is 15.5 Å². The second-order valence-corrected chi connectivity index (χ2v) is 9.14. The van der Waals surface area contributed by atoms with Crippen molar-refractivity contribution in [3.8, 4) is 0 Å². The van der Waals surface area contributed by atoms with E-state index in [0.717, 1.165) is 17.7 Å². The van der Waals surface area contributed by atoms with Crippen LogP contribution in [-0.4, -0.2) is 40.9 Å². The van der Waals surface area contributed by atoms with Gasteiger partial charge in [-0.1, -0.05) is 34.6 Å². The number of rotatable bonds is 4. The van der Waals surface area contributed by atoms with Gasteiger partial charge in [0.15, 0.2) is 0 Å². The van der Waals surface area contributed by atoms with Crippen molar-refractivity contribution in [1.29, 1.82) is 0 Å². The Bertz CT molecular complexity index is 543. The number of urea groups is 1. The molecular weight excluding hydrogens is 318 g/mol. The third-order valence-corrected chi connectivity index (χ3v) is 6.00. The standard InChI is InChI=1S/C19H33N3O3/c1-12(2)13(3)20-15(23)11-22-16(24)19(21-17(22)25)9-7-14(8-10-19)18(4,5)6/h12-14H,7-11H2,1-6H3,(H,20,23)(H,21,25). The van der Waals surface area contributed by atoms with Gasteiger partial charge in [-0.25, -0.2) is 4.79 Å². The minimum absolute atomic E-state index is 0.00412. The number of carbonyl (C=O) groups excluding carboxylic acids is 3. The second-order valence-electron chi connectivity index (χ2n) is 9.14. The lowest BCUT2D eigenvalue weighted by Crippen LogP contribution is -2.51. The molecule has 0 aromatic heterocycles. The van der Waals surface area contributed by atoms with Crippen LogP contribution in [0.2, 0.25) is 0 Å². The van der Waals surface area contributed by atoms with Crippen LogP contribution in [0.5, 0.6) is 0 Å². The predicted octanol–water partition coefficient (Wildman–Crippen LogP) is 2.67. The van der Waals surface area contributed by atoms with Gasteiger partial charge in [0.1, 0.15) is 12.1 Å². The topological polar surface area (TPSA) is 78.5 Å². The SMILES string of the molecule is CC(C)C(C)NC(=O)CN1C(=O)NC2(CCC(C(C)(C)C)CC2)C1=O. The van der Waals surface area contributed by atoms with Crippen LogP contribution in [0.3, 0.4) is 0 Å². The van der Waals surface area contributed by atoms with Gasteiger partial charge in [-0.2, -0.15) is 0 Å². The van der Waals surface area contributed by atoms with Crippen molar-refractivity contribution in [2.45, 2.75) is 78.8 Å². The molecule has 1 heterocycles. The molecule has 142 valence electrons. The van der Waals surface area contributed by atoms with Crippen LogP contribution in [0.1, 0.15) is 67.2 Å². The number of nitrogens with zero attached hydrogens (tertiary/aromatic N) is 1. The summed E-state index contributed by atoms with van der Waals surface area (Å²) < 4.78 is 0. The summed E-state index contributed by atoms with van der Waals surface area (Å²) >= 11 is 0. The minimum Gasteiger partial charge on any atom is -0.352 e. The zero-order chi connectivity index (χ0) is 19.0. The van der Waals surface area contributed by atoms with E-state index in [9.17, 15) is 14.4 Å². The lowest BCUT2D eigenvalue weighted by Gasteiger charge is -2.40. The summed E-state index contributed by atoms with van der Waals surface area (Å²) in [4.78, 5) is 38.4. The maximum absolute atomic E-state index is 12.9. The zero-order valence-corrected chi connectivity index (χ0v) is 16.4. The molecule has 0 radical (unpaired) electrons. The Balaban J connectivity index is 2.00. The summed E-state index contributed by atoms with van der Waals surface area (Å²) in [5, 5.41) is 5.73. The van der Waals surface area contributed by atoms with E-state index in [1.165, 1.54) is 0 Å². The van der Waals surface area contributed by atoms with Crippen LogP contribution >= 0.6 is 0 Å². The molecule has 2 rings (SSSR count). The van der Waals surface area contributed by atoms with E-state index in [1.807, 2.05) is 20.8 Å². The molecule has 1 aliphatic carbocycles. The first-order chi connectivity index (χ1) is 11.5. The second kappa shape index (κ2) is 6.96. The monoisotopic (exact) mass is 351 g/mol. The van der Waals surface area contributed by atoms with Crippen LogP contribution < -0.4 is 10.6 Å². The summed E-state index contributed by atoms with van der Waals surface area (Å²) in [7, 11) is 0. The first kappa shape index (κ1) is 19.7. The van der Waals surface area contributed by atoms with Gasteiger partial charge in [0.25, 0.3) is 5.91 Å². The number of amides is 4. The van der Waals surface area contributed by atoms with Gasteiger partial charge in [0.2, 0.25) is 5.91 Å². The first-order valence-electron chi connectivity index (χ1n) is 9.40. The molecule has 1 aliphatic heterocycles. The van der Waals surface area contributed by atoms with Crippen molar-refractivity contribution in [3.63, 3.8) is 0 Å². The highest BCUT2D eigenvalue weighted by Crippen LogP contribution is 2.43. The van der Waals surface area contributed by atoms with Gasteiger partial charge in [0, 0.05) is 6.04 Å². The van der Waals surface area contributed by atoms with Crippen LogP contribution in [0.15, 0.2) is 0 Å². The fourth-order valence-corrected chi connectivity index (χ4v) is 3.75. The molecule has 1 saturated heterocycles. The number of carbonyl (C=O) groups is 3. The number of hydrogen-bond acceptors (Lipinski definition) is 3. The molecule has 0 aromatic rings. The normalized spacial score (nSPS) is 28.4. The van der Waals surface area contributed by atoms with Gasteiger partial charge >= 0.3 is 6.03 Å². The maximum Gasteiger partial charge on any atom is 0.325 e. The predicted molar refractivity (Wildman–Crippen MR) is 96.8 cm³/mol. The van der Waals surface area contributed by atoms with E-state index in [1.54, 1.807) is 0 Å². The summed E-state index contributed by atoms with van der Waals surface area (Å²) in [6, 6.07) is -0.434. The minimum atomic E-state index is -0.803. The molecule has 2 fully saturated rings. The lowest BCUT2D eigenvalue weighted by molar-refractivity contribution is -0.136. The Morgan fingerprint density at radius 1 is 1.24 bits per heavy atom. The highest BCUT2D eigenvalue weighted by molar-refractivity contribution is 6.09. The Morgan fingerprint density at radius 2 is 1.80 bits per heavy atom. The number of nitrogens with one attached hydrogen (secondary N) is 2. The molecule has 2 N–H and O–H groups in total. The Morgan fingerprint density at radius 3 is 2.28 bits per heavy atom. The summed E-state index contributed by atoms with van der Waals surface area (Å²) in [6.45, 7) is 12.4. The van der Waals surface area contributed by atoms with Gasteiger partial charge in [-0.3, -0.25) is 14.5 Å². The van der Waals surface area contributed by atoms with E-state index in [-0.39, 0.29) is 29.8 Å². The highest BCUT2D eigenvalue weighted by atomic mass is 16.2. The van der Waals surface area contributed by atoms with E-state index >= 15 is 0 Å². The fraction of sp³-hybridized carbons (Fsp3) is 0.842. The van der Waals surface area contributed by atoms with Crippen molar-refractivity contribution < 1.29 is 14.4 Å². The highest BCUT2D eigenvalue weighted by Gasteiger charge is 2.53. The average Bonchev–Trinajstić information content (AvgIpc) is 2.71. The van der Waals surface area contributed by atoms with Gasteiger partial charge in [0.05, 0.1) is 0 Å². The third-order valence-electron chi connectivity index (χ3n) is 6.00. The van der Waals surface area contributed by atoms with Gasteiger partial charge in [-0.05, 0) is 49.9 Å². The van der Waals surface area contributed by atoms with Gasteiger partial charge < -0.3 is 10.6 Å². The number of hydrogen-bond donors (Lipinski definition) is 2. The number of imide groups is 1. The Kier molecular flexibility index (Phi) is 5.50. The molecule has 0 bridgehead atoms. The Labute approximate surface area is 151 Å². The molecule has 25 heavy (non-hydrogen) atoms. The zero-order valence-electron chi connectivity index (χ0n) is 16.4. The van der Waals surface area contributed by atoms with Crippen molar-refractivity contribution in [2.75, 3.05) is 6.54 Å². The Hall–Kier alpha value is -1.59. The van der Waals surface area contributed by atoms with Crippen LogP contribution in [0, 0.1) is 17.3 Å².